The number of amides is 2. The van der Waals surface area contributed by atoms with Crippen LogP contribution in [-0.4, -0.2) is 38.1 Å². The van der Waals surface area contributed by atoms with E-state index in [0.717, 1.165) is 23.1 Å². The summed E-state index contributed by atoms with van der Waals surface area (Å²) < 4.78 is 28.7. The number of anilines is 1. The summed E-state index contributed by atoms with van der Waals surface area (Å²) in [4.78, 5) is 24.1. The number of carboxylic acid groups (broad SMARTS) is 1. The number of carboxylic acids is 1. The van der Waals surface area contributed by atoms with E-state index in [1.807, 2.05) is 44.2 Å². The predicted molar refractivity (Wildman–Crippen MR) is 145 cm³/mol. The molecule has 3 rings (SSSR count). The maximum absolute atomic E-state index is 13.2. The first kappa shape index (κ1) is 27.9. The lowest BCUT2D eigenvalue weighted by molar-refractivity contribution is -0.138. The van der Waals surface area contributed by atoms with Crippen LogP contribution in [0.25, 0.3) is 11.1 Å². The van der Waals surface area contributed by atoms with E-state index >= 15 is 0 Å². The summed E-state index contributed by atoms with van der Waals surface area (Å²) in [7, 11) is -4.07. The molecule has 3 aromatic rings. The fraction of sp³-hybridized carbons (Fsp3) is 0.286. The fourth-order valence-electron chi connectivity index (χ4n) is 4.32. The normalized spacial score (nSPS) is 12.1. The standard InChI is InChI=1S/C28H33N3O5S/c1-5-12-29-28(34)30-24-11-7-10-23(17-24)22-9-6-8-21(15-22)16-25(27(32)33)31-37(35,36)26-19(3)13-18(2)14-20(26)4/h6-11,13-15,17,25,31H,5,12,16H2,1-4H3,(H,32,33)(H2,29,30,34). The summed E-state index contributed by atoms with van der Waals surface area (Å²) in [6.07, 6.45) is 0.793. The van der Waals surface area contributed by atoms with E-state index in [0.29, 0.717) is 28.9 Å². The van der Waals surface area contributed by atoms with Gasteiger partial charge in [0.05, 0.1) is 4.90 Å². The summed E-state index contributed by atoms with van der Waals surface area (Å²) in [6, 6.07) is 16.4. The smallest absolute Gasteiger partial charge is 0.322 e. The molecule has 0 saturated heterocycles. The Labute approximate surface area is 218 Å². The van der Waals surface area contributed by atoms with Crippen LogP contribution < -0.4 is 15.4 Å². The van der Waals surface area contributed by atoms with Gasteiger partial charge >= 0.3 is 12.0 Å². The van der Waals surface area contributed by atoms with E-state index in [4.69, 9.17) is 0 Å². The predicted octanol–water partition coefficient (Wildman–Crippen LogP) is 4.78. The number of urea groups is 1. The molecule has 1 unspecified atom stereocenters. The highest BCUT2D eigenvalue weighted by Crippen LogP contribution is 2.25. The fourth-order valence-corrected chi connectivity index (χ4v) is 5.96. The molecule has 8 nitrogen and oxygen atoms in total. The molecule has 0 fully saturated rings. The van der Waals surface area contributed by atoms with Gasteiger partial charge in [0.1, 0.15) is 6.04 Å². The minimum Gasteiger partial charge on any atom is -0.480 e. The largest absolute Gasteiger partial charge is 0.480 e. The molecule has 37 heavy (non-hydrogen) atoms. The second kappa shape index (κ2) is 12.0. The topological polar surface area (TPSA) is 125 Å². The Bertz CT molecular complexity index is 1380. The van der Waals surface area contributed by atoms with Gasteiger partial charge in [-0.25, -0.2) is 13.2 Å². The van der Waals surface area contributed by atoms with Crippen molar-refractivity contribution in [2.45, 2.75) is 51.5 Å². The van der Waals surface area contributed by atoms with Gasteiger partial charge in [0, 0.05) is 12.2 Å². The molecular formula is C28H33N3O5S. The van der Waals surface area contributed by atoms with Crippen LogP contribution in [0.5, 0.6) is 0 Å². The van der Waals surface area contributed by atoms with Gasteiger partial charge in [-0.2, -0.15) is 4.72 Å². The molecule has 4 N–H and O–H groups in total. The molecule has 0 heterocycles. The maximum Gasteiger partial charge on any atom is 0.322 e. The van der Waals surface area contributed by atoms with Gasteiger partial charge < -0.3 is 15.7 Å². The summed E-state index contributed by atoms with van der Waals surface area (Å²) >= 11 is 0. The third-order valence-corrected chi connectivity index (χ3v) is 7.60. The molecule has 196 valence electrons. The number of benzene rings is 3. The number of carbonyl (C=O) groups is 2. The number of sulfonamides is 1. The number of hydrogen-bond acceptors (Lipinski definition) is 4. The number of rotatable bonds is 10. The highest BCUT2D eigenvalue weighted by Gasteiger charge is 2.28. The third kappa shape index (κ3) is 7.41. The van der Waals surface area contributed by atoms with E-state index in [2.05, 4.69) is 15.4 Å². The molecule has 0 aliphatic heterocycles. The Morgan fingerprint density at radius 3 is 2.16 bits per heavy atom. The van der Waals surface area contributed by atoms with Gasteiger partial charge in [0.25, 0.3) is 0 Å². The van der Waals surface area contributed by atoms with E-state index in [-0.39, 0.29) is 17.3 Å². The third-order valence-electron chi connectivity index (χ3n) is 5.83. The van der Waals surface area contributed by atoms with E-state index in [9.17, 15) is 23.1 Å². The molecule has 2 amide bonds. The first-order valence-corrected chi connectivity index (χ1v) is 13.6. The Hall–Kier alpha value is -3.69. The summed E-state index contributed by atoms with van der Waals surface area (Å²) in [5.74, 6) is -1.26. The quantitative estimate of drug-likeness (QED) is 0.304. The van der Waals surface area contributed by atoms with Crippen LogP contribution >= 0.6 is 0 Å². The van der Waals surface area contributed by atoms with Crippen LogP contribution in [0.2, 0.25) is 0 Å². The van der Waals surface area contributed by atoms with E-state index in [1.54, 1.807) is 44.2 Å². The SMILES string of the molecule is CCCNC(=O)Nc1cccc(-c2cccc(CC(NS(=O)(=O)c3c(C)cc(C)cc3C)C(=O)O)c2)c1. The first-order valence-electron chi connectivity index (χ1n) is 12.1. The van der Waals surface area contributed by atoms with Crippen molar-refractivity contribution in [1.29, 1.82) is 0 Å². The van der Waals surface area contributed by atoms with E-state index in [1.165, 1.54) is 0 Å². The lowest BCUT2D eigenvalue weighted by Gasteiger charge is -2.18. The van der Waals surface area contributed by atoms with Crippen molar-refractivity contribution in [2.24, 2.45) is 0 Å². The van der Waals surface area contributed by atoms with Gasteiger partial charge in [0.15, 0.2) is 0 Å². The molecule has 0 spiro atoms. The minimum atomic E-state index is -4.07. The lowest BCUT2D eigenvalue weighted by atomic mass is 9.99. The zero-order valence-electron chi connectivity index (χ0n) is 21.5. The lowest BCUT2D eigenvalue weighted by Crippen LogP contribution is -2.42. The highest BCUT2D eigenvalue weighted by atomic mass is 32.2. The summed E-state index contributed by atoms with van der Waals surface area (Å²) in [6.45, 7) is 7.82. The van der Waals surface area contributed by atoms with Gasteiger partial charge in [-0.1, -0.05) is 61.0 Å². The molecule has 1 atom stereocenters. The average Bonchev–Trinajstić information content (AvgIpc) is 2.81. The maximum atomic E-state index is 13.2. The monoisotopic (exact) mass is 523 g/mol. The summed E-state index contributed by atoms with van der Waals surface area (Å²) in [5, 5.41) is 15.4. The molecule has 0 radical (unpaired) electrons. The molecule has 0 aromatic heterocycles. The Morgan fingerprint density at radius 1 is 0.919 bits per heavy atom. The number of aryl methyl sites for hydroxylation is 3. The van der Waals surface area contributed by atoms with Crippen molar-refractivity contribution >= 4 is 27.7 Å². The first-order chi connectivity index (χ1) is 17.5. The van der Waals surface area contributed by atoms with Crippen LogP contribution in [0.15, 0.2) is 65.6 Å². The molecule has 0 aliphatic carbocycles. The van der Waals surface area contributed by atoms with Crippen molar-refractivity contribution in [2.75, 3.05) is 11.9 Å². The molecule has 0 bridgehead atoms. The molecule has 3 aromatic carbocycles. The Balaban J connectivity index is 1.82. The van der Waals surface area contributed by atoms with Crippen LogP contribution in [0.4, 0.5) is 10.5 Å². The van der Waals surface area contributed by atoms with Crippen LogP contribution in [-0.2, 0) is 21.2 Å². The molecule has 0 aliphatic rings. The van der Waals surface area contributed by atoms with Crippen molar-refractivity contribution in [3.8, 4) is 11.1 Å². The Kier molecular flexibility index (Phi) is 9.07. The molecule has 9 heteroatoms. The van der Waals surface area contributed by atoms with Crippen molar-refractivity contribution < 1.29 is 23.1 Å². The van der Waals surface area contributed by atoms with Crippen LogP contribution in [0.1, 0.15) is 35.6 Å². The van der Waals surface area contributed by atoms with E-state index < -0.39 is 22.0 Å². The van der Waals surface area contributed by atoms with Crippen molar-refractivity contribution in [3.63, 3.8) is 0 Å². The zero-order chi connectivity index (χ0) is 27.2. The van der Waals surface area contributed by atoms with Gasteiger partial charge in [-0.3, -0.25) is 4.79 Å². The van der Waals surface area contributed by atoms with Crippen LogP contribution in [0, 0.1) is 20.8 Å². The second-order valence-electron chi connectivity index (χ2n) is 9.11. The van der Waals surface area contributed by atoms with Gasteiger partial charge in [-0.15, -0.1) is 0 Å². The van der Waals surface area contributed by atoms with Crippen molar-refractivity contribution in [3.05, 3.63) is 82.9 Å². The second-order valence-corrected chi connectivity index (χ2v) is 10.8. The highest BCUT2D eigenvalue weighted by molar-refractivity contribution is 7.89. The molecule has 0 saturated carbocycles. The number of hydrogen-bond donors (Lipinski definition) is 4. The van der Waals surface area contributed by atoms with Gasteiger partial charge in [0.2, 0.25) is 10.0 Å². The van der Waals surface area contributed by atoms with Crippen molar-refractivity contribution in [1.82, 2.24) is 10.0 Å². The summed E-state index contributed by atoms with van der Waals surface area (Å²) in [5.41, 5.74) is 4.98. The van der Waals surface area contributed by atoms with Gasteiger partial charge in [-0.05, 0) is 73.6 Å². The average molecular weight is 524 g/mol. The van der Waals surface area contributed by atoms with Crippen LogP contribution in [0.3, 0.4) is 0 Å². The Morgan fingerprint density at radius 2 is 1.54 bits per heavy atom. The molecular weight excluding hydrogens is 490 g/mol. The zero-order valence-corrected chi connectivity index (χ0v) is 22.3. The number of aliphatic carboxylic acids is 1. The number of nitrogens with one attached hydrogen (secondary N) is 3. The number of carbonyl (C=O) groups excluding carboxylic acids is 1. The minimum absolute atomic E-state index is 0.0380.